The molecule has 3 aromatic heterocycles. The number of hydrogen-bond donors (Lipinski definition) is 2. The van der Waals surface area contributed by atoms with E-state index < -0.39 is 0 Å². The van der Waals surface area contributed by atoms with Gasteiger partial charge in [0.15, 0.2) is 0 Å². The number of anilines is 1. The van der Waals surface area contributed by atoms with Crippen LogP contribution in [0.2, 0.25) is 0 Å². The molecular weight excluding hydrogens is 226 g/mol. The predicted octanol–water partition coefficient (Wildman–Crippen LogP) is 1.63. The summed E-state index contributed by atoms with van der Waals surface area (Å²) in [4.78, 5) is 8.33. The third-order valence-electron chi connectivity index (χ3n) is 2.11. The Morgan fingerprint density at radius 3 is 3.19 bits per heavy atom. The summed E-state index contributed by atoms with van der Waals surface area (Å²) in [5.74, 6) is 5.62. The molecule has 3 aromatic rings. The summed E-state index contributed by atoms with van der Waals surface area (Å²) in [6.45, 7) is 0. The smallest absolute Gasteiger partial charge is 0.314 e. The first kappa shape index (κ1) is 9.25. The Morgan fingerprint density at radius 2 is 2.38 bits per heavy atom. The molecule has 0 unspecified atom stereocenters. The molecule has 0 saturated heterocycles. The van der Waals surface area contributed by atoms with Crippen molar-refractivity contribution in [1.29, 1.82) is 0 Å². The lowest BCUT2D eigenvalue weighted by molar-refractivity contribution is 0.432. The minimum atomic E-state index is 0.182. The first-order chi connectivity index (χ1) is 7.86. The maximum atomic E-state index is 5.16. The SMILES string of the molecule is NNc1nc(-c2cnc3ccsc3c2)no1. The van der Waals surface area contributed by atoms with Crippen molar-refractivity contribution >= 4 is 27.6 Å². The molecule has 3 N–H and O–H groups in total. The molecule has 80 valence electrons. The van der Waals surface area contributed by atoms with Crippen molar-refractivity contribution in [3.63, 3.8) is 0 Å². The fourth-order valence-electron chi connectivity index (χ4n) is 1.37. The Balaban J connectivity index is 2.10. The summed E-state index contributed by atoms with van der Waals surface area (Å²) < 4.78 is 5.93. The van der Waals surface area contributed by atoms with Gasteiger partial charge in [0.1, 0.15) is 0 Å². The zero-order valence-electron chi connectivity index (χ0n) is 8.04. The Hall–Kier alpha value is -1.99. The summed E-state index contributed by atoms with van der Waals surface area (Å²) in [7, 11) is 0. The van der Waals surface area contributed by atoms with E-state index in [0.29, 0.717) is 5.82 Å². The Labute approximate surface area is 94.1 Å². The molecule has 0 radical (unpaired) electrons. The number of nitrogens with two attached hydrogens (primary N) is 1. The number of pyridine rings is 1. The summed E-state index contributed by atoms with van der Waals surface area (Å²) in [6, 6.07) is 4.12. The molecule has 0 bridgehead atoms. The van der Waals surface area contributed by atoms with Gasteiger partial charge in [-0.1, -0.05) is 5.16 Å². The van der Waals surface area contributed by atoms with Crippen LogP contribution in [0.3, 0.4) is 0 Å². The van der Waals surface area contributed by atoms with Crippen LogP contribution >= 0.6 is 11.3 Å². The van der Waals surface area contributed by atoms with Crippen LogP contribution in [0.15, 0.2) is 28.2 Å². The van der Waals surface area contributed by atoms with E-state index in [1.54, 1.807) is 17.5 Å². The van der Waals surface area contributed by atoms with E-state index in [1.165, 1.54) is 0 Å². The second kappa shape index (κ2) is 3.54. The van der Waals surface area contributed by atoms with Crippen molar-refractivity contribution in [2.75, 3.05) is 5.43 Å². The molecule has 0 aliphatic heterocycles. The molecule has 0 atom stereocenters. The van der Waals surface area contributed by atoms with Crippen molar-refractivity contribution in [2.45, 2.75) is 0 Å². The maximum absolute atomic E-state index is 5.16. The highest BCUT2D eigenvalue weighted by Crippen LogP contribution is 2.24. The quantitative estimate of drug-likeness (QED) is 0.516. The van der Waals surface area contributed by atoms with Crippen LogP contribution in [0.1, 0.15) is 0 Å². The minimum absolute atomic E-state index is 0.182. The number of nitrogen functional groups attached to an aromatic ring is 1. The number of fused-ring (bicyclic) bond motifs is 1. The normalized spacial score (nSPS) is 10.8. The fourth-order valence-corrected chi connectivity index (χ4v) is 2.15. The van der Waals surface area contributed by atoms with Gasteiger partial charge < -0.3 is 4.52 Å². The van der Waals surface area contributed by atoms with E-state index in [0.717, 1.165) is 15.8 Å². The predicted molar refractivity (Wildman–Crippen MR) is 60.7 cm³/mol. The number of hydrogen-bond acceptors (Lipinski definition) is 7. The van der Waals surface area contributed by atoms with Gasteiger partial charge in [0.05, 0.1) is 10.2 Å². The largest absolute Gasteiger partial charge is 0.335 e. The molecule has 0 saturated carbocycles. The molecular formula is C9H7N5OS. The molecule has 0 amide bonds. The number of thiophene rings is 1. The van der Waals surface area contributed by atoms with E-state index >= 15 is 0 Å². The van der Waals surface area contributed by atoms with Crippen molar-refractivity contribution in [1.82, 2.24) is 15.1 Å². The average Bonchev–Trinajstić information content (AvgIpc) is 2.96. The molecule has 3 rings (SSSR count). The van der Waals surface area contributed by atoms with Crippen LogP contribution in [-0.4, -0.2) is 15.1 Å². The molecule has 0 spiro atoms. The molecule has 16 heavy (non-hydrogen) atoms. The van der Waals surface area contributed by atoms with Gasteiger partial charge in [-0.15, -0.1) is 11.3 Å². The van der Waals surface area contributed by atoms with Gasteiger partial charge in [-0.05, 0) is 17.5 Å². The topological polar surface area (TPSA) is 89.9 Å². The van der Waals surface area contributed by atoms with Gasteiger partial charge in [0.2, 0.25) is 5.82 Å². The van der Waals surface area contributed by atoms with Gasteiger partial charge in [-0.2, -0.15) is 4.98 Å². The maximum Gasteiger partial charge on any atom is 0.335 e. The zero-order valence-corrected chi connectivity index (χ0v) is 8.86. The van der Waals surface area contributed by atoms with E-state index in [2.05, 4.69) is 20.6 Å². The van der Waals surface area contributed by atoms with Crippen LogP contribution in [0.5, 0.6) is 0 Å². The van der Waals surface area contributed by atoms with E-state index in [9.17, 15) is 0 Å². The monoisotopic (exact) mass is 233 g/mol. The zero-order chi connectivity index (χ0) is 11.0. The third-order valence-corrected chi connectivity index (χ3v) is 2.96. The highest BCUT2D eigenvalue weighted by molar-refractivity contribution is 7.17. The number of aromatic nitrogens is 3. The number of nitrogens with zero attached hydrogens (tertiary/aromatic N) is 3. The summed E-state index contributed by atoms with van der Waals surface area (Å²) in [5, 5.41) is 5.78. The van der Waals surface area contributed by atoms with Crippen molar-refractivity contribution < 1.29 is 4.52 Å². The van der Waals surface area contributed by atoms with Crippen LogP contribution in [0.4, 0.5) is 6.01 Å². The lowest BCUT2D eigenvalue weighted by Crippen LogP contribution is -2.06. The minimum Gasteiger partial charge on any atom is -0.314 e. The number of rotatable bonds is 2. The standard InChI is InChI=1S/C9H7N5OS/c10-13-9-12-8(14-15-9)5-3-7-6(11-4-5)1-2-16-7/h1-4H,10H2,(H,12,13,14). The molecule has 0 aromatic carbocycles. The van der Waals surface area contributed by atoms with Gasteiger partial charge in [0, 0.05) is 11.8 Å². The summed E-state index contributed by atoms with van der Waals surface area (Å²) in [6.07, 6.45) is 1.71. The fraction of sp³-hybridized carbons (Fsp3) is 0. The average molecular weight is 233 g/mol. The molecule has 6 nitrogen and oxygen atoms in total. The molecule has 0 aliphatic carbocycles. The van der Waals surface area contributed by atoms with E-state index in [1.807, 2.05) is 17.5 Å². The summed E-state index contributed by atoms with van der Waals surface area (Å²) >= 11 is 1.62. The van der Waals surface area contributed by atoms with Crippen LogP contribution in [0, 0.1) is 0 Å². The lowest BCUT2D eigenvalue weighted by Gasteiger charge is -1.93. The van der Waals surface area contributed by atoms with Crippen molar-refractivity contribution in [3.8, 4) is 11.4 Å². The van der Waals surface area contributed by atoms with Gasteiger partial charge >= 0.3 is 6.01 Å². The summed E-state index contributed by atoms with van der Waals surface area (Å²) in [5.41, 5.74) is 4.06. The molecule has 7 heteroatoms. The van der Waals surface area contributed by atoms with Gasteiger partial charge in [-0.3, -0.25) is 10.4 Å². The number of nitrogens with one attached hydrogen (secondary N) is 1. The van der Waals surface area contributed by atoms with Crippen LogP contribution in [0.25, 0.3) is 21.6 Å². The molecule has 3 heterocycles. The van der Waals surface area contributed by atoms with Crippen LogP contribution in [-0.2, 0) is 0 Å². The van der Waals surface area contributed by atoms with Crippen LogP contribution < -0.4 is 11.3 Å². The Kier molecular flexibility index (Phi) is 2.05. The number of hydrazine groups is 1. The molecule has 0 aliphatic rings. The Morgan fingerprint density at radius 1 is 1.44 bits per heavy atom. The van der Waals surface area contributed by atoms with Gasteiger partial charge in [-0.25, -0.2) is 5.84 Å². The highest BCUT2D eigenvalue weighted by Gasteiger charge is 2.08. The van der Waals surface area contributed by atoms with Gasteiger partial charge in [0.25, 0.3) is 0 Å². The second-order valence-electron chi connectivity index (χ2n) is 3.10. The first-order valence-electron chi connectivity index (χ1n) is 4.51. The highest BCUT2D eigenvalue weighted by atomic mass is 32.1. The van der Waals surface area contributed by atoms with Crippen molar-refractivity contribution in [3.05, 3.63) is 23.7 Å². The lowest BCUT2D eigenvalue weighted by atomic mass is 10.2. The first-order valence-corrected chi connectivity index (χ1v) is 5.39. The van der Waals surface area contributed by atoms with E-state index in [-0.39, 0.29) is 6.01 Å². The van der Waals surface area contributed by atoms with Crippen molar-refractivity contribution in [2.24, 2.45) is 5.84 Å². The second-order valence-corrected chi connectivity index (χ2v) is 4.04. The van der Waals surface area contributed by atoms with E-state index in [4.69, 9.17) is 10.4 Å². The third kappa shape index (κ3) is 1.42. The Bertz CT molecular complexity index is 631. The molecule has 0 fully saturated rings.